The van der Waals surface area contributed by atoms with Crippen LogP contribution in [0, 0.1) is 0 Å². The molecule has 32 heavy (non-hydrogen) atoms. The molecule has 3 aromatic rings. The molecule has 1 aliphatic heterocycles. The first-order chi connectivity index (χ1) is 15.1. The first kappa shape index (κ1) is 22.1. The number of amides is 2. The fraction of sp³-hybridized carbons (Fsp3) is 0.391. The third-order valence-corrected chi connectivity index (χ3v) is 5.61. The highest BCUT2D eigenvalue weighted by molar-refractivity contribution is 6.30. The molecule has 1 fully saturated rings. The summed E-state index contributed by atoms with van der Waals surface area (Å²) in [6, 6.07) is 8.84. The van der Waals surface area contributed by atoms with Gasteiger partial charge in [0.2, 0.25) is 5.91 Å². The molecule has 2 amide bonds. The number of anilines is 2. The van der Waals surface area contributed by atoms with Gasteiger partial charge >= 0.3 is 0 Å². The Morgan fingerprint density at radius 3 is 2.59 bits per heavy atom. The van der Waals surface area contributed by atoms with Crippen LogP contribution in [-0.4, -0.2) is 49.9 Å². The van der Waals surface area contributed by atoms with E-state index in [9.17, 15) is 9.59 Å². The molecule has 1 aliphatic rings. The third kappa shape index (κ3) is 4.55. The normalized spacial score (nSPS) is 16.6. The Kier molecular flexibility index (Phi) is 5.81. The zero-order valence-corrected chi connectivity index (χ0v) is 19.4. The standard InChI is InChI=1S/C23H27ClN6O2/c1-5-29-13-14(10-20(29)31)18-11-19(28-23(2,3)4)30-21(27-18)17(12-25-30)22(32)26-16-8-6-15(24)7-9-16/h6-9,11-12,14,28H,5,10,13H2,1-4H3,(H,26,32). The lowest BCUT2D eigenvalue weighted by Gasteiger charge is -2.23. The minimum Gasteiger partial charge on any atom is -0.365 e. The number of carbonyl (C=O) groups is 2. The lowest BCUT2D eigenvalue weighted by atomic mass is 10.0. The molecule has 2 aromatic heterocycles. The number of nitrogens with zero attached hydrogens (tertiary/aromatic N) is 4. The number of likely N-dealkylation sites (tertiary alicyclic amines) is 1. The SMILES string of the molecule is CCN1CC(c2cc(NC(C)(C)C)n3ncc(C(=O)Nc4ccc(Cl)cc4)c3n2)CC1=O. The van der Waals surface area contributed by atoms with Gasteiger partial charge in [0.1, 0.15) is 11.4 Å². The van der Waals surface area contributed by atoms with Crippen LogP contribution in [-0.2, 0) is 4.79 Å². The summed E-state index contributed by atoms with van der Waals surface area (Å²) in [6.45, 7) is 9.41. The van der Waals surface area contributed by atoms with Crippen LogP contribution in [0.25, 0.3) is 5.65 Å². The maximum atomic E-state index is 13.0. The summed E-state index contributed by atoms with van der Waals surface area (Å²) < 4.78 is 1.64. The number of nitrogens with one attached hydrogen (secondary N) is 2. The monoisotopic (exact) mass is 454 g/mol. The van der Waals surface area contributed by atoms with E-state index in [0.717, 1.165) is 11.5 Å². The van der Waals surface area contributed by atoms with Crippen molar-refractivity contribution >= 4 is 40.6 Å². The molecule has 4 rings (SSSR count). The van der Waals surface area contributed by atoms with Crippen molar-refractivity contribution < 1.29 is 9.59 Å². The van der Waals surface area contributed by atoms with Crippen LogP contribution in [0.2, 0.25) is 5.02 Å². The van der Waals surface area contributed by atoms with E-state index >= 15 is 0 Å². The zero-order valence-electron chi connectivity index (χ0n) is 18.6. The Bertz CT molecular complexity index is 1170. The summed E-state index contributed by atoms with van der Waals surface area (Å²) >= 11 is 5.94. The summed E-state index contributed by atoms with van der Waals surface area (Å²) in [5.74, 6) is 0.505. The van der Waals surface area contributed by atoms with Crippen LogP contribution < -0.4 is 10.6 Å². The second-order valence-corrected chi connectivity index (χ2v) is 9.47. The number of benzene rings is 1. The molecule has 0 radical (unpaired) electrons. The number of hydrogen-bond donors (Lipinski definition) is 2. The molecule has 1 saturated heterocycles. The lowest BCUT2D eigenvalue weighted by molar-refractivity contribution is -0.127. The van der Waals surface area contributed by atoms with Crippen molar-refractivity contribution in [1.29, 1.82) is 0 Å². The Balaban J connectivity index is 1.74. The van der Waals surface area contributed by atoms with E-state index < -0.39 is 0 Å². The summed E-state index contributed by atoms with van der Waals surface area (Å²) in [5.41, 5.74) is 1.97. The van der Waals surface area contributed by atoms with Crippen LogP contribution >= 0.6 is 11.6 Å². The molecule has 0 spiro atoms. The van der Waals surface area contributed by atoms with Crippen molar-refractivity contribution in [3.63, 3.8) is 0 Å². The highest BCUT2D eigenvalue weighted by Gasteiger charge is 2.32. The summed E-state index contributed by atoms with van der Waals surface area (Å²) in [6.07, 6.45) is 1.93. The highest BCUT2D eigenvalue weighted by atomic mass is 35.5. The van der Waals surface area contributed by atoms with Gasteiger partial charge in [0.05, 0.1) is 11.9 Å². The number of rotatable bonds is 5. The van der Waals surface area contributed by atoms with Crippen molar-refractivity contribution in [3.05, 3.63) is 52.8 Å². The van der Waals surface area contributed by atoms with Crippen LogP contribution in [0.5, 0.6) is 0 Å². The van der Waals surface area contributed by atoms with Crippen molar-refractivity contribution in [2.75, 3.05) is 23.7 Å². The highest BCUT2D eigenvalue weighted by Crippen LogP contribution is 2.30. The number of likely N-dealkylation sites (N-methyl/N-ethyl adjacent to an activating group) is 1. The minimum absolute atomic E-state index is 0.0324. The predicted octanol–water partition coefficient (Wildman–Crippen LogP) is 4.18. The molecule has 9 heteroatoms. The van der Waals surface area contributed by atoms with E-state index in [2.05, 4.69) is 36.5 Å². The van der Waals surface area contributed by atoms with Gasteiger partial charge in [-0.3, -0.25) is 9.59 Å². The molecule has 3 heterocycles. The van der Waals surface area contributed by atoms with Crippen molar-refractivity contribution in [2.45, 2.75) is 45.6 Å². The fourth-order valence-corrected chi connectivity index (χ4v) is 3.96. The van der Waals surface area contributed by atoms with Crippen molar-refractivity contribution in [1.82, 2.24) is 19.5 Å². The summed E-state index contributed by atoms with van der Waals surface area (Å²) in [5, 5.41) is 11.3. The van der Waals surface area contributed by atoms with Crippen LogP contribution in [0.15, 0.2) is 36.5 Å². The Morgan fingerprint density at radius 1 is 1.25 bits per heavy atom. The molecule has 1 aromatic carbocycles. The Hall–Kier alpha value is -3.13. The first-order valence-electron chi connectivity index (χ1n) is 10.7. The number of fused-ring (bicyclic) bond motifs is 1. The minimum atomic E-state index is -0.314. The van der Waals surface area contributed by atoms with Gasteiger partial charge in [-0.15, -0.1) is 0 Å². The maximum Gasteiger partial charge on any atom is 0.261 e. The fourth-order valence-electron chi connectivity index (χ4n) is 3.83. The largest absolute Gasteiger partial charge is 0.365 e. The van der Waals surface area contributed by atoms with Gasteiger partial charge in [-0.1, -0.05) is 11.6 Å². The molecular formula is C23H27ClN6O2. The lowest BCUT2D eigenvalue weighted by Crippen LogP contribution is -2.28. The Morgan fingerprint density at radius 2 is 1.97 bits per heavy atom. The quantitative estimate of drug-likeness (QED) is 0.603. The number of aromatic nitrogens is 3. The molecule has 1 unspecified atom stereocenters. The van der Waals surface area contributed by atoms with Crippen LogP contribution in [0.3, 0.4) is 0 Å². The molecule has 0 aliphatic carbocycles. The van der Waals surface area contributed by atoms with E-state index in [4.69, 9.17) is 16.6 Å². The number of hydrogen-bond acceptors (Lipinski definition) is 5. The van der Waals surface area contributed by atoms with Gasteiger partial charge in [-0.2, -0.15) is 9.61 Å². The third-order valence-electron chi connectivity index (χ3n) is 5.36. The average Bonchev–Trinajstić information content (AvgIpc) is 3.32. The van der Waals surface area contributed by atoms with E-state index in [1.807, 2.05) is 17.9 Å². The smallest absolute Gasteiger partial charge is 0.261 e. The second kappa shape index (κ2) is 8.43. The van der Waals surface area contributed by atoms with Gasteiger partial charge in [0.25, 0.3) is 5.91 Å². The van der Waals surface area contributed by atoms with E-state index in [0.29, 0.717) is 41.4 Å². The van der Waals surface area contributed by atoms with E-state index in [1.165, 1.54) is 6.20 Å². The van der Waals surface area contributed by atoms with E-state index in [-0.39, 0.29) is 23.3 Å². The van der Waals surface area contributed by atoms with Gasteiger partial charge in [0.15, 0.2) is 5.65 Å². The molecular weight excluding hydrogens is 428 g/mol. The summed E-state index contributed by atoms with van der Waals surface area (Å²) in [4.78, 5) is 32.0. The van der Waals surface area contributed by atoms with Crippen molar-refractivity contribution in [2.24, 2.45) is 0 Å². The number of halogens is 1. The molecule has 2 N–H and O–H groups in total. The molecule has 0 saturated carbocycles. The zero-order chi connectivity index (χ0) is 23.0. The first-order valence-corrected chi connectivity index (χ1v) is 11.0. The maximum absolute atomic E-state index is 13.0. The van der Waals surface area contributed by atoms with Gasteiger partial charge in [0, 0.05) is 47.7 Å². The summed E-state index contributed by atoms with van der Waals surface area (Å²) in [7, 11) is 0. The van der Waals surface area contributed by atoms with Gasteiger partial charge < -0.3 is 15.5 Å². The van der Waals surface area contributed by atoms with Gasteiger partial charge in [-0.25, -0.2) is 4.98 Å². The van der Waals surface area contributed by atoms with Gasteiger partial charge in [-0.05, 0) is 52.0 Å². The molecule has 168 valence electrons. The molecule has 1 atom stereocenters. The number of carbonyl (C=O) groups excluding carboxylic acids is 2. The second-order valence-electron chi connectivity index (χ2n) is 9.03. The Labute approximate surface area is 192 Å². The molecule has 8 nitrogen and oxygen atoms in total. The van der Waals surface area contributed by atoms with Crippen LogP contribution in [0.1, 0.15) is 56.1 Å². The van der Waals surface area contributed by atoms with Crippen molar-refractivity contribution in [3.8, 4) is 0 Å². The van der Waals surface area contributed by atoms with E-state index in [1.54, 1.807) is 28.8 Å². The topological polar surface area (TPSA) is 91.6 Å². The predicted molar refractivity (Wildman–Crippen MR) is 125 cm³/mol. The van der Waals surface area contributed by atoms with Crippen LogP contribution in [0.4, 0.5) is 11.5 Å². The average molecular weight is 455 g/mol. The molecule has 0 bridgehead atoms.